The molecule has 1 N–H and O–H groups in total. The summed E-state index contributed by atoms with van der Waals surface area (Å²) in [4.78, 5) is 12.2. The van der Waals surface area contributed by atoms with Crippen LogP contribution in [0.3, 0.4) is 0 Å². The van der Waals surface area contributed by atoms with E-state index in [4.69, 9.17) is 0 Å². The minimum Gasteiger partial charge on any atom is -0.348 e. The van der Waals surface area contributed by atoms with Gasteiger partial charge in [0.1, 0.15) is 0 Å². The molecule has 6 heteroatoms. The van der Waals surface area contributed by atoms with Gasteiger partial charge in [0.2, 0.25) is 5.91 Å². The first-order chi connectivity index (χ1) is 10.4. The lowest BCUT2D eigenvalue weighted by Crippen LogP contribution is -2.33. The van der Waals surface area contributed by atoms with E-state index in [2.05, 4.69) is 19.2 Å². The number of benzene rings is 1. The Morgan fingerprint density at radius 3 is 2.55 bits per heavy atom. The van der Waals surface area contributed by atoms with Gasteiger partial charge in [0.05, 0.1) is 23.3 Å². The van der Waals surface area contributed by atoms with Gasteiger partial charge in [0.25, 0.3) is 0 Å². The van der Waals surface area contributed by atoms with Crippen molar-refractivity contribution in [1.82, 2.24) is 5.32 Å². The van der Waals surface area contributed by atoms with Crippen molar-refractivity contribution >= 4 is 27.5 Å². The van der Waals surface area contributed by atoms with Crippen LogP contribution in [0.4, 0.5) is 0 Å². The van der Waals surface area contributed by atoms with Gasteiger partial charge in [-0.25, -0.2) is 8.42 Å². The first-order valence-corrected chi connectivity index (χ1v) is 10.4. The summed E-state index contributed by atoms with van der Waals surface area (Å²) < 4.78 is 22.8. The molecule has 1 aromatic carbocycles. The van der Waals surface area contributed by atoms with Crippen LogP contribution in [0.1, 0.15) is 31.9 Å². The fraction of sp³-hybridized carbons (Fsp3) is 0.562. The molecule has 1 aromatic rings. The molecule has 0 radical (unpaired) electrons. The highest BCUT2D eigenvalue weighted by Crippen LogP contribution is 2.25. The summed E-state index contributed by atoms with van der Waals surface area (Å²) in [6.07, 6.45) is 0.659. The lowest BCUT2D eigenvalue weighted by Gasteiger charge is -2.23. The van der Waals surface area contributed by atoms with Gasteiger partial charge in [-0.15, -0.1) is 11.8 Å². The van der Waals surface area contributed by atoms with Crippen LogP contribution in [0, 0.1) is 5.92 Å². The molecule has 2 atom stereocenters. The van der Waals surface area contributed by atoms with E-state index in [1.807, 2.05) is 30.3 Å². The first kappa shape index (κ1) is 17.3. The molecule has 122 valence electrons. The average Bonchev–Trinajstić information content (AvgIpc) is 2.82. The maximum Gasteiger partial charge on any atom is 0.230 e. The van der Waals surface area contributed by atoms with Crippen molar-refractivity contribution < 1.29 is 13.2 Å². The van der Waals surface area contributed by atoms with E-state index in [9.17, 15) is 13.2 Å². The second kappa shape index (κ2) is 7.51. The zero-order chi connectivity index (χ0) is 16.2. The van der Waals surface area contributed by atoms with Gasteiger partial charge in [-0.2, -0.15) is 0 Å². The van der Waals surface area contributed by atoms with Crippen LogP contribution in [0.2, 0.25) is 0 Å². The molecule has 4 nitrogen and oxygen atoms in total. The number of hydrogen-bond donors (Lipinski definition) is 1. The van der Waals surface area contributed by atoms with Gasteiger partial charge in [0, 0.05) is 5.25 Å². The fourth-order valence-corrected chi connectivity index (χ4v) is 6.05. The van der Waals surface area contributed by atoms with Crippen LogP contribution in [-0.4, -0.2) is 36.8 Å². The molecular weight excluding hydrogens is 318 g/mol. The van der Waals surface area contributed by atoms with Crippen molar-refractivity contribution in [3.05, 3.63) is 35.9 Å². The van der Waals surface area contributed by atoms with Gasteiger partial charge in [-0.05, 0) is 17.9 Å². The Bertz CT molecular complexity index is 599. The molecule has 2 rings (SSSR count). The third-order valence-electron chi connectivity index (χ3n) is 3.78. The highest BCUT2D eigenvalue weighted by molar-refractivity contribution is 8.02. The van der Waals surface area contributed by atoms with Gasteiger partial charge in [-0.3, -0.25) is 4.79 Å². The van der Waals surface area contributed by atoms with E-state index in [1.54, 1.807) is 0 Å². The summed E-state index contributed by atoms with van der Waals surface area (Å²) in [5.74, 6) is 1.04. The van der Waals surface area contributed by atoms with E-state index in [0.29, 0.717) is 18.1 Å². The molecule has 0 spiro atoms. The molecule has 22 heavy (non-hydrogen) atoms. The molecule has 0 saturated carbocycles. The first-order valence-electron chi connectivity index (χ1n) is 7.54. The summed E-state index contributed by atoms with van der Waals surface area (Å²) in [6, 6.07) is 9.91. The molecule has 1 saturated heterocycles. The SMILES string of the molecule is CC(C)C(NC(=O)CSC1CCS(=O)(=O)C1)c1ccccc1. The second-order valence-corrected chi connectivity index (χ2v) is 9.55. The molecule has 0 bridgehead atoms. The fourth-order valence-electron chi connectivity index (χ4n) is 2.60. The zero-order valence-electron chi connectivity index (χ0n) is 13.0. The number of nitrogens with one attached hydrogen (secondary N) is 1. The highest BCUT2D eigenvalue weighted by Gasteiger charge is 2.29. The second-order valence-electron chi connectivity index (χ2n) is 6.04. The van der Waals surface area contributed by atoms with Crippen LogP contribution in [0.15, 0.2) is 30.3 Å². The molecule has 0 aliphatic carbocycles. The Balaban J connectivity index is 1.87. The summed E-state index contributed by atoms with van der Waals surface area (Å²) in [7, 11) is -2.88. The van der Waals surface area contributed by atoms with E-state index in [-0.39, 0.29) is 28.7 Å². The van der Waals surface area contributed by atoms with Crippen molar-refractivity contribution in [2.45, 2.75) is 31.6 Å². The number of carbonyl (C=O) groups is 1. The number of thioether (sulfide) groups is 1. The van der Waals surface area contributed by atoms with E-state index < -0.39 is 9.84 Å². The topological polar surface area (TPSA) is 63.2 Å². The van der Waals surface area contributed by atoms with Crippen molar-refractivity contribution in [2.24, 2.45) is 5.92 Å². The van der Waals surface area contributed by atoms with Crippen molar-refractivity contribution in [2.75, 3.05) is 17.3 Å². The van der Waals surface area contributed by atoms with Crippen molar-refractivity contribution in [3.8, 4) is 0 Å². The van der Waals surface area contributed by atoms with E-state index in [1.165, 1.54) is 11.8 Å². The Morgan fingerprint density at radius 2 is 2.00 bits per heavy atom. The molecule has 1 amide bonds. The van der Waals surface area contributed by atoms with E-state index in [0.717, 1.165) is 5.56 Å². The molecule has 1 fully saturated rings. The summed E-state index contributed by atoms with van der Waals surface area (Å²) in [6.45, 7) is 4.16. The number of hydrogen-bond acceptors (Lipinski definition) is 4. The number of carbonyl (C=O) groups excluding carboxylic acids is 1. The molecule has 1 aliphatic heterocycles. The molecule has 2 unspecified atom stereocenters. The molecular formula is C16H23NO3S2. The molecule has 0 aromatic heterocycles. The number of sulfone groups is 1. The minimum atomic E-state index is -2.88. The van der Waals surface area contributed by atoms with Crippen LogP contribution in [0.25, 0.3) is 0 Å². The standard InChI is InChI=1S/C16H23NO3S2/c1-12(2)16(13-6-4-3-5-7-13)17-15(18)10-21-14-8-9-22(19,20)11-14/h3-7,12,14,16H,8-11H2,1-2H3,(H,17,18). The molecule has 1 aliphatic rings. The Labute approximate surface area is 137 Å². The maximum atomic E-state index is 12.2. The Kier molecular flexibility index (Phi) is 5.92. The Hall–Kier alpha value is -1.01. The smallest absolute Gasteiger partial charge is 0.230 e. The van der Waals surface area contributed by atoms with Gasteiger partial charge in [0.15, 0.2) is 9.84 Å². The lowest BCUT2D eigenvalue weighted by molar-refractivity contribution is -0.119. The predicted molar refractivity (Wildman–Crippen MR) is 91.7 cm³/mol. The maximum absolute atomic E-state index is 12.2. The summed E-state index contributed by atoms with van der Waals surface area (Å²) in [5.41, 5.74) is 1.10. The quantitative estimate of drug-likeness (QED) is 0.863. The van der Waals surface area contributed by atoms with E-state index >= 15 is 0 Å². The average molecular weight is 341 g/mol. The summed E-state index contributed by atoms with van der Waals surface area (Å²) >= 11 is 1.45. The number of amides is 1. The van der Waals surface area contributed by atoms with Gasteiger partial charge < -0.3 is 5.32 Å². The third kappa shape index (κ3) is 5.02. The molecule has 1 heterocycles. The van der Waals surface area contributed by atoms with Gasteiger partial charge in [-0.1, -0.05) is 44.2 Å². The van der Waals surface area contributed by atoms with Crippen molar-refractivity contribution in [1.29, 1.82) is 0 Å². The zero-order valence-corrected chi connectivity index (χ0v) is 14.6. The summed E-state index contributed by atoms with van der Waals surface area (Å²) in [5, 5.41) is 3.13. The minimum absolute atomic E-state index is 0.0124. The monoisotopic (exact) mass is 341 g/mol. The van der Waals surface area contributed by atoms with Crippen molar-refractivity contribution in [3.63, 3.8) is 0 Å². The Morgan fingerprint density at radius 1 is 1.32 bits per heavy atom. The largest absolute Gasteiger partial charge is 0.348 e. The van der Waals surface area contributed by atoms with Crippen LogP contribution in [0.5, 0.6) is 0 Å². The number of rotatable bonds is 6. The van der Waals surface area contributed by atoms with Crippen LogP contribution >= 0.6 is 11.8 Å². The normalized spacial score (nSPS) is 21.7. The van der Waals surface area contributed by atoms with Crippen LogP contribution < -0.4 is 5.32 Å². The van der Waals surface area contributed by atoms with Gasteiger partial charge >= 0.3 is 0 Å². The predicted octanol–water partition coefficient (Wildman–Crippen LogP) is 2.42. The lowest BCUT2D eigenvalue weighted by atomic mass is 9.96. The third-order valence-corrected chi connectivity index (χ3v) is 7.06. The van der Waals surface area contributed by atoms with Crippen LogP contribution in [-0.2, 0) is 14.6 Å². The highest BCUT2D eigenvalue weighted by atomic mass is 32.2.